The van der Waals surface area contributed by atoms with Crippen molar-refractivity contribution in [1.29, 1.82) is 0 Å². The van der Waals surface area contributed by atoms with Crippen molar-refractivity contribution in [2.75, 3.05) is 13.1 Å². The topological polar surface area (TPSA) is 34.0 Å². The Morgan fingerprint density at radius 1 is 1.26 bits per heavy atom. The van der Waals surface area contributed by atoms with Crippen molar-refractivity contribution < 1.29 is 0 Å². The molecule has 1 fully saturated rings. The standard InChI is InChI=1S/C15H20N4/c1-3-14(9-16-5-1)10-18-7-2-4-15(11-18)12-19-8-6-17-13-19/h1,3,5-6,8-9,13,15H,2,4,7,10-12H2/t15-/m1/s1. The van der Waals surface area contributed by atoms with Crippen LogP contribution < -0.4 is 0 Å². The van der Waals surface area contributed by atoms with E-state index in [1.165, 1.54) is 31.5 Å². The summed E-state index contributed by atoms with van der Waals surface area (Å²) in [6.07, 6.45) is 12.2. The molecule has 4 heteroatoms. The van der Waals surface area contributed by atoms with Gasteiger partial charge in [-0.15, -0.1) is 0 Å². The molecule has 0 radical (unpaired) electrons. The minimum atomic E-state index is 0.736. The van der Waals surface area contributed by atoms with Gasteiger partial charge in [0.05, 0.1) is 6.33 Å². The van der Waals surface area contributed by atoms with Gasteiger partial charge in [-0.1, -0.05) is 6.07 Å². The molecule has 1 atom stereocenters. The summed E-state index contributed by atoms with van der Waals surface area (Å²) in [6.45, 7) is 4.49. The second kappa shape index (κ2) is 5.97. The summed E-state index contributed by atoms with van der Waals surface area (Å²) in [5, 5.41) is 0. The lowest BCUT2D eigenvalue weighted by Crippen LogP contribution is -2.36. The van der Waals surface area contributed by atoms with E-state index in [2.05, 4.69) is 31.7 Å². The van der Waals surface area contributed by atoms with Crippen molar-refractivity contribution in [2.24, 2.45) is 5.92 Å². The number of rotatable bonds is 4. The molecule has 3 rings (SSSR count). The SMILES string of the molecule is c1cncc(CN2CCC[C@@H](Cn3ccnc3)C2)c1. The summed E-state index contributed by atoms with van der Waals surface area (Å²) in [4.78, 5) is 10.9. The molecule has 3 heterocycles. The summed E-state index contributed by atoms with van der Waals surface area (Å²) < 4.78 is 2.19. The van der Waals surface area contributed by atoms with E-state index in [-0.39, 0.29) is 0 Å². The molecular weight excluding hydrogens is 236 g/mol. The van der Waals surface area contributed by atoms with Crippen LogP contribution >= 0.6 is 0 Å². The van der Waals surface area contributed by atoms with Crippen LogP contribution in [-0.4, -0.2) is 32.5 Å². The Labute approximate surface area is 114 Å². The molecule has 0 N–H and O–H groups in total. The highest BCUT2D eigenvalue weighted by atomic mass is 15.1. The molecule has 2 aromatic rings. The molecule has 0 unspecified atom stereocenters. The van der Waals surface area contributed by atoms with E-state index in [1.807, 2.05) is 31.0 Å². The maximum atomic E-state index is 4.19. The third-order valence-electron chi connectivity index (χ3n) is 3.76. The average Bonchev–Trinajstić information content (AvgIpc) is 2.93. The average molecular weight is 256 g/mol. The summed E-state index contributed by atoms with van der Waals surface area (Å²) in [5.41, 5.74) is 1.31. The number of aromatic nitrogens is 3. The van der Waals surface area contributed by atoms with Gasteiger partial charge in [-0.2, -0.15) is 0 Å². The molecule has 1 saturated heterocycles. The van der Waals surface area contributed by atoms with Crippen molar-refractivity contribution >= 4 is 0 Å². The van der Waals surface area contributed by atoms with E-state index in [4.69, 9.17) is 0 Å². The summed E-state index contributed by atoms with van der Waals surface area (Å²) in [7, 11) is 0. The van der Waals surface area contributed by atoms with Crippen molar-refractivity contribution in [3.8, 4) is 0 Å². The Hall–Kier alpha value is -1.68. The van der Waals surface area contributed by atoms with Crippen LogP contribution in [0.4, 0.5) is 0 Å². The highest BCUT2D eigenvalue weighted by molar-refractivity contribution is 5.08. The number of pyridine rings is 1. The third kappa shape index (κ3) is 3.41. The van der Waals surface area contributed by atoms with Crippen LogP contribution in [-0.2, 0) is 13.1 Å². The highest BCUT2D eigenvalue weighted by Gasteiger charge is 2.20. The molecule has 0 bridgehead atoms. The van der Waals surface area contributed by atoms with Gasteiger partial charge in [0.25, 0.3) is 0 Å². The predicted molar refractivity (Wildman–Crippen MR) is 74.5 cm³/mol. The van der Waals surface area contributed by atoms with Crippen LogP contribution in [0.1, 0.15) is 18.4 Å². The van der Waals surface area contributed by atoms with Crippen LogP contribution in [0.15, 0.2) is 43.2 Å². The second-order valence-corrected chi connectivity index (χ2v) is 5.36. The molecular formula is C15H20N4. The van der Waals surface area contributed by atoms with Gasteiger partial charge in [-0.05, 0) is 36.9 Å². The molecule has 1 aliphatic rings. The largest absolute Gasteiger partial charge is 0.337 e. The maximum Gasteiger partial charge on any atom is 0.0946 e. The lowest BCUT2D eigenvalue weighted by Gasteiger charge is -2.32. The summed E-state index contributed by atoms with van der Waals surface area (Å²) in [5.74, 6) is 0.736. The van der Waals surface area contributed by atoms with Gasteiger partial charge in [0.2, 0.25) is 0 Å². The normalized spacial score (nSPS) is 20.5. The quantitative estimate of drug-likeness (QED) is 0.841. The molecule has 0 aliphatic carbocycles. The molecule has 19 heavy (non-hydrogen) atoms. The molecule has 0 aromatic carbocycles. The van der Waals surface area contributed by atoms with Gasteiger partial charge >= 0.3 is 0 Å². The second-order valence-electron chi connectivity index (χ2n) is 5.36. The first-order chi connectivity index (χ1) is 9.40. The lowest BCUT2D eigenvalue weighted by atomic mass is 9.97. The Kier molecular flexibility index (Phi) is 3.89. The molecule has 4 nitrogen and oxygen atoms in total. The van der Waals surface area contributed by atoms with E-state index in [1.54, 1.807) is 0 Å². The zero-order valence-corrected chi connectivity index (χ0v) is 11.2. The van der Waals surface area contributed by atoms with Crippen LogP contribution in [0.5, 0.6) is 0 Å². The first kappa shape index (κ1) is 12.4. The smallest absolute Gasteiger partial charge is 0.0946 e. The van der Waals surface area contributed by atoms with Gasteiger partial charge < -0.3 is 4.57 Å². The van der Waals surface area contributed by atoms with Crippen LogP contribution in [0.25, 0.3) is 0 Å². The fourth-order valence-electron chi connectivity index (χ4n) is 2.89. The molecule has 2 aromatic heterocycles. The fraction of sp³-hybridized carbons (Fsp3) is 0.467. The molecule has 100 valence electrons. The van der Waals surface area contributed by atoms with E-state index in [0.717, 1.165) is 19.0 Å². The van der Waals surface area contributed by atoms with Crippen LogP contribution in [0.2, 0.25) is 0 Å². The van der Waals surface area contributed by atoms with Crippen molar-refractivity contribution in [2.45, 2.75) is 25.9 Å². The Morgan fingerprint density at radius 2 is 2.26 bits per heavy atom. The van der Waals surface area contributed by atoms with Crippen molar-refractivity contribution in [1.82, 2.24) is 19.4 Å². The van der Waals surface area contributed by atoms with Crippen molar-refractivity contribution in [3.05, 3.63) is 48.8 Å². The molecule has 0 saturated carbocycles. The van der Waals surface area contributed by atoms with E-state index in [0.29, 0.717) is 0 Å². The minimum Gasteiger partial charge on any atom is -0.337 e. The van der Waals surface area contributed by atoms with E-state index in [9.17, 15) is 0 Å². The molecule has 0 spiro atoms. The van der Waals surface area contributed by atoms with Gasteiger partial charge in [0.1, 0.15) is 0 Å². The van der Waals surface area contributed by atoms with E-state index >= 15 is 0 Å². The maximum absolute atomic E-state index is 4.19. The summed E-state index contributed by atoms with van der Waals surface area (Å²) in [6, 6.07) is 4.18. The number of piperidine rings is 1. The van der Waals surface area contributed by atoms with Crippen molar-refractivity contribution in [3.63, 3.8) is 0 Å². The Bertz CT molecular complexity index is 480. The van der Waals surface area contributed by atoms with Gasteiger partial charge in [-0.3, -0.25) is 9.88 Å². The Morgan fingerprint density at radius 3 is 3.05 bits per heavy atom. The third-order valence-corrected chi connectivity index (χ3v) is 3.76. The zero-order valence-electron chi connectivity index (χ0n) is 11.2. The number of likely N-dealkylation sites (tertiary alicyclic amines) is 1. The Balaban J connectivity index is 1.56. The fourth-order valence-corrected chi connectivity index (χ4v) is 2.89. The number of hydrogen-bond donors (Lipinski definition) is 0. The van der Waals surface area contributed by atoms with Gasteiger partial charge in [0, 0.05) is 44.4 Å². The van der Waals surface area contributed by atoms with Crippen LogP contribution in [0, 0.1) is 5.92 Å². The minimum absolute atomic E-state index is 0.736. The molecule has 1 aliphatic heterocycles. The molecule has 0 amide bonds. The zero-order chi connectivity index (χ0) is 12.9. The van der Waals surface area contributed by atoms with Gasteiger partial charge in [0.15, 0.2) is 0 Å². The predicted octanol–water partition coefficient (Wildman–Crippen LogP) is 2.19. The van der Waals surface area contributed by atoms with Crippen LogP contribution in [0.3, 0.4) is 0 Å². The number of nitrogens with zero attached hydrogens (tertiary/aromatic N) is 4. The summed E-state index contributed by atoms with van der Waals surface area (Å²) >= 11 is 0. The monoisotopic (exact) mass is 256 g/mol. The van der Waals surface area contributed by atoms with Gasteiger partial charge in [-0.25, -0.2) is 4.98 Å². The number of imidazole rings is 1. The first-order valence-corrected chi connectivity index (χ1v) is 6.97. The lowest BCUT2D eigenvalue weighted by molar-refractivity contribution is 0.156. The first-order valence-electron chi connectivity index (χ1n) is 6.97. The number of hydrogen-bond acceptors (Lipinski definition) is 3. The highest BCUT2D eigenvalue weighted by Crippen LogP contribution is 2.19. The van der Waals surface area contributed by atoms with E-state index < -0.39 is 0 Å².